The summed E-state index contributed by atoms with van der Waals surface area (Å²) < 4.78 is 42.8. The van der Waals surface area contributed by atoms with Gasteiger partial charge in [-0.1, -0.05) is 102 Å². The summed E-state index contributed by atoms with van der Waals surface area (Å²) in [7, 11) is 0. The van der Waals surface area contributed by atoms with E-state index >= 15 is 0 Å². The molecule has 0 saturated heterocycles. The summed E-state index contributed by atoms with van der Waals surface area (Å²) in [6.07, 6.45) is 12.6. The van der Waals surface area contributed by atoms with Gasteiger partial charge >= 0.3 is 6.18 Å². The van der Waals surface area contributed by atoms with Gasteiger partial charge < -0.3 is 14.9 Å². The van der Waals surface area contributed by atoms with Crippen molar-refractivity contribution in [3.8, 4) is 0 Å². The van der Waals surface area contributed by atoms with Crippen LogP contribution in [0.3, 0.4) is 0 Å². The molecular weight excluding hydrogens is 511 g/mol. The SMILES string of the molecule is C=C(SC(=CCC)CN(CC/C=C/CC)CC/C=C/COCC(O)O)C(/C=C\CC(F)(F)F)=C/CC.CC. The quantitative estimate of drug-likeness (QED) is 0.0677. The zero-order valence-corrected chi connectivity index (χ0v) is 24.8. The molecule has 0 unspecified atom stereocenters. The number of alkyl halides is 3. The zero-order chi connectivity index (χ0) is 29.2. The van der Waals surface area contributed by atoms with Gasteiger partial charge in [-0.2, -0.15) is 13.2 Å². The molecule has 0 atom stereocenters. The topological polar surface area (TPSA) is 52.9 Å². The summed E-state index contributed by atoms with van der Waals surface area (Å²) in [6, 6.07) is 0. The van der Waals surface area contributed by atoms with Crippen molar-refractivity contribution in [3.63, 3.8) is 0 Å². The Balaban J connectivity index is 0. The van der Waals surface area contributed by atoms with E-state index < -0.39 is 18.9 Å². The van der Waals surface area contributed by atoms with Crippen LogP contribution in [0.5, 0.6) is 0 Å². The molecule has 0 aliphatic rings. The van der Waals surface area contributed by atoms with E-state index in [0.717, 1.165) is 66.8 Å². The predicted octanol–water partition coefficient (Wildman–Crippen LogP) is 8.33. The number of thioether (sulfide) groups is 1. The molecule has 0 heterocycles. The summed E-state index contributed by atoms with van der Waals surface area (Å²) in [5, 5.41) is 17.6. The van der Waals surface area contributed by atoms with E-state index in [1.807, 2.05) is 39.0 Å². The Morgan fingerprint density at radius 3 is 2.05 bits per heavy atom. The van der Waals surface area contributed by atoms with Gasteiger partial charge in [0.25, 0.3) is 0 Å². The number of hydrogen-bond acceptors (Lipinski definition) is 5. The minimum Gasteiger partial charge on any atom is -0.372 e. The Morgan fingerprint density at radius 1 is 0.921 bits per heavy atom. The molecule has 220 valence electrons. The number of hydrogen-bond donors (Lipinski definition) is 2. The largest absolute Gasteiger partial charge is 0.392 e. The number of nitrogens with zero attached hydrogens (tertiary/aromatic N) is 1. The standard InChI is InChI=1S/C28H44F3NO3S.C2H6/c1-5-8-9-11-19-32(20-12-10-13-21-35-23-27(33)34)22-26(16-7-3)36-24(4)25(15-6-2)17-14-18-28(29,30)31;1-2/h8-10,13-17,27,33-34H,4-7,11-12,18-23H2,1-3H3;1-2H3/b9-8+,13-10+,17-14-,25-15+,26-16?;. The highest BCUT2D eigenvalue weighted by atomic mass is 32.2. The summed E-state index contributed by atoms with van der Waals surface area (Å²) in [6.45, 7) is 16.9. The molecule has 0 fully saturated rings. The number of aliphatic hydroxyl groups is 2. The molecule has 0 spiro atoms. The Morgan fingerprint density at radius 2 is 1.53 bits per heavy atom. The average molecular weight is 562 g/mol. The van der Waals surface area contributed by atoms with Crippen molar-refractivity contribution in [2.75, 3.05) is 32.8 Å². The van der Waals surface area contributed by atoms with Gasteiger partial charge in [0.2, 0.25) is 0 Å². The van der Waals surface area contributed by atoms with Crippen LogP contribution in [0.2, 0.25) is 0 Å². The van der Waals surface area contributed by atoms with Crippen LogP contribution in [0.25, 0.3) is 0 Å². The molecule has 0 rings (SSSR count). The third-order valence-corrected chi connectivity index (χ3v) is 5.77. The van der Waals surface area contributed by atoms with Gasteiger partial charge in [-0.05, 0) is 42.6 Å². The van der Waals surface area contributed by atoms with Gasteiger partial charge in [0.05, 0.1) is 19.6 Å². The zero-order valence-electron chi connectivity index (χ0n) is 24.0. The number of allylic oxidation sites excluding steroid dienone is 6. The smallest absolute Gasteiger partial charge is 0.372 e. The molecule has 0 radical (unpaired) electrons. The maximum atomic E-state index is 12.6. The maximum Gasteiger partial charge on any atom is 0.392 e. The molecule has 0 bridgehead atoms. The van der Waals surface area contributed by atoms with Crippen LogP contribution in [-0.2, 0) is 4.74 Å². The molecule has 0 aromatic carbocycles. The van der Waals surface area contributed by atoms with Gasteiger partial charge in [0.15, 0.2) is 6.29 Å². The summed E-state index contributed by atoms with van der Waals surface area (Å²) in [4.78, 5) is 4.22. The fourth-order valence-electron chi connectivity index (χ4n) is 3.11. The number of ether oxygens (including phenoxy) is 1. The van der Waals surface area contributed by atoms with E-state index in [-0.39, 0.29) is 6.61 Å². The van der Waals surface area contributed by atoms with Crippen molar-refractivity contribution >= 4 is 11.8 Å². The molecule has 8 heteroatoms. The minimum absolute atomic E-state index is 0.119. The lowest BCUT2D eigenvalue weighted by Crippen LogP contribution is -2.27. The number of aliphatic hydroxyl groups excluding tert-OH is 1. The molecule has 2 N–H and O–H groups in total. The highest BCUT2D eigenvalue weighted by Crippen LogP contribution is 2.32. The van der Waals surface area contributed by atoms with Gasteiger partial charge in [-0.25, -0.2) is 0 Å². The fourth-order valence-corrected chi connectivity index (χ4v) is 4.20. The van der Waals surface area contributed by atoms with Crippen molar-refractivity contribution < 1.29 is 28.1 Å². The van der Waals surface area contributed by atoms with E-state index in [0.29, 0.717) is 13.0 Å². The third-order valence-electron chi connectivity index (χ3n) is 4.73. The van der Waals surface area contributed by atoms with Crippen LogP contribution in [0, 0.1) is 0 Å². The van der Waals surface area contributed by atoms with Crippen LogP contribution < -0.4 is 0 Å². The lowest BCUT2D eigenvalue weighted by atomic mass is 10.2. The number of rotatable bonds is 20. The van der Waals surface area contributed by atoms with Crippen LogP contribution in [0.4, 0.5) is 13.2 Å². The minimum atomic E-state index is -4.22. The molecule has 38 heavy (non-hydrogen) atoms. The third kappa shape index (κ3) is 24.7. The Hall–Kier alpha value is -1.58. The second-order valence-electron chi connectivity index (χ2n) is 8.12. The molecule has 0 aliphatic carbocycles. The first-order valence-corrected chi connectivity index (χ1v) is 14.4. The Labute approximate surface area is 233 Å². The van der Waals surface area contributed by atoms with Crippen molar-refractivity contribution in [1.29, 1.82) is 0 Å². The van der Waals surface area contributed by atoms with E-state index in [1.165, 1.54) is 17.8 Å². The lowest BCUT2D eigenvalue weighted by Gasteiger charge is -2.23. The fraction of sp³-hybridized carbons (Fsp3) is 0.600. The van der Waals surface area contributed by atoms with Crippen LogP contribution in [0.1, 0.15) is 73.1 Å². The number of halogens is 3. The molecule has 0 aromatic heterocycles. The van der Waals surface area contributed by atoms with Crippen molar-refractivity contribution in [3.05, 3.63) is 70.6 Å². The summed E-state index contributed by atoms with van der Waals surface area (Å²) in [5.74, 6) is 0. The van der Waals surface area contributed by atoms with E-state index in [4.69, 9.17) is 14.9 Å². The highest BCUT2D eigenvalue weighted by molar-refractivity contribution is 8.07. The summed E-state index contributed by atoms with van der Waals surface area (Å²) >= 11 is 1.52. The molecular formula is C30H50F3NO3S. The molecule has 4 nitrogen and oxygen atoms in total. The monoisotopic (exact) mass is 561 g/mol. The van der Waals surface area contributed by atoms with Crippen molar-refractivity contribution in [2.24, 2.45) is 0 Å². The van der Waals surface area contributed by atoms with E-state index in [9.17, 15) is 13.2 Å². The molecule has 0 saturated carbocycles. The van der Waals surface area contributed by atoms with Gasteiger partial charge in [0.1, 0.15) is 0 Å². The first kappa shape index (κ1) is 38.6. The highest BCUT2D eigenvalue weighted by Gasteiger charge is 2.24. The van der Waals surface area contributed by atoms with Gasteiger partial charge in [-0.15, -0.1) is 0 Å². The van der Waals surface area contributed by atoms with Crippen LogP contribution in [-0.4, -0.2) is 60.4 Å². The summed E-state index contributed by atoms with van der Waals surface area (Å²) in [5.41, 5.74) is 0.724. The Kier molecular flexibility index (Phi) is 26.1. The van der Waals surface area contributed by atoms with Crippen LogP contribution >= 0.6 is 11.8 Å². The predicted molar refractivity (Wildman–Crippen MR) is 158 cm³/mol. The molecule has 0 aromatic rings. The average Bonchev–Trinajstić information content (AvgIpc) is 2.85. The second kappa shape index (κ2) is 25.7. The van der Waals surface area contributed by atoms with Gasteiger partial charge in [0, 0.05) is 24.5 Å². The first-order valence-electron chi connectivity index (χ1n) is 13.6. The first-order chi connectivity index (χ1) is 18.1. The molecule has 0 aliphatic heterocycles. The van der Waals surface area contributed by atoms with Gasteiger partial charge in [-0.3, -0.25) is 4.90 Å². The Bertz CT molecular complexity index is 742. The lowest BCUT2D eigenvalue weighted by molar-refractivity contribution is -0.125. The second-order valence-corrected chi connectivity index (χ2v) is 9.34. The molecule has 0 amide bonds. The van der Waals surface area contributed by atoms with Crippen LogP contribution in [0.15, 0.2) is 70.6 Å². The van der Waals surface area contributed by atoms with Crippen molar-refractivity contribution in [1.82, 2.24) is 4.90 Å². The van der Waals surface area contributed by atoms with E-state index in [1.54, 1.807) is 0 Å². The van der Waals surface area contributed by atoms with E-state index in [2.05, 4.69) is 43.6 Å². The normalized spacial score (nSPS) is 13.4. The van der Waals surface area contributed by atoms with Crippen molar-refractivity contribution in [2.45, 2.75) is 85.6 Å². The maximum absolute atomic E-state index is 12.6.